The van der Waals surface area contributed by atoms with E-state index in [1.54, 1.807) is 0 Å². The first-order chi connectivity index (χ1) is 9.20. The first kappa shape index (κ1) is 14.8. The van der Waals surface area contributed by atoms with Crippen LogP contribution in [0.5, 0.6) is 0 Å². The second-order valence-corrected chi connectivity index (χ2v) is 7.30. The number of rotatable bonds is 4. The lowest BCUT2D eigenvalue weighted by Crippen LogP contribution is -2.15. The van der Waals surface area contributed by atoms with Gasteiger partial charge in [-0.05, 0) is 24.3 Å². The van der Waals surface area contributed by atoms with Crippen LogP contribution in [0.15, 0.2) is 40.4 Å². The fourth-order valence-electron chi connectivity index (χ4n) is 1.40. The Labute approximate surface area is 120 Å². The van der Waals surface area contributed by atoms with Crippen LogP contribution in [0.4, 0.5) is 5.69 Å². The molecule has 0 atom stereocenters. The minimum atomic E-state index is -3.96. The number of sulfonamides is 2. The lowest BCUT2D eigenvalue weighted by Gasteiger charge is -2.08. The zero-order chi connectivity index (χ0) is 15.0. The molecule has 2 aromatic rings. The molecule has 2 rings (SSSR count). The molecular weight excluding hydrogens is 328 g/mol. The molecule has 0 bridgehead atoms. The molecule has 4 N–H and O–H groups in total. The summed E-state index contributed by atoms with van der Waals surface area (Å²) >= 11 is 5.75. The van der Waals surface area contributed by atoms with E-state index in [0.717, 1.165) is 12.1 Å². The van der Waals surface area contributed by atoms with Crippen LogP contribution in [0.3, 0.4) is 0 Å². The fourth-order valence-corrected chi connectivity index (χ4v) is 3.45. The van der Waals surface area contributed by atoms with Crippen molar-refractivity contribution in [2.24, 2.45) is 5.14 Å². The number of primary sulfonamides is 1. The van der Waals surface area contributed by atoms with Crippen molar-refractivity contribution in [2.45, 2.75) is 9.92 Å². The summed E-state index contributed by atoms with van der Waals surface area (Å²) in [5.74, 6) is 0. The molecule has 0 radical (unpaired) electrons. The van der Waals surface area contributed by atoms with Crippen LogP contribution >= 0.6 is 11.6 Å². The van der Waals surface area contributed by atoms with Crippen molar-refractivity contribution in [2.75, 3.05) is 4.72 Å². The third-order valence-corrected chi connectivity index (χ3v) is 4.96. The highest BCUT2D eigenvalue weighted by molar-refractivity contribution is 7.92. The molecule has 0 spiro atoms. The van der Waals surface area contributed by atoms with Gasteiger partial charge >= 0.3 is 0 Å². The van der Waals surface area contributed by atoms with Gasteiger partial charge in [0, 0.05) is 0 Å². The summed E-state index contributed by atoms with van der Waals surface area (Å²) in [5.41, 5.74) is 0.0944. The topological polar surface area (TPSA) is 135 Å². The molecule has 0 unspecified atom stereocenters. The van der Waals surface area contributed by atoms with Crippen LogP contribution in [0.1, 0.15) is 0 Å². The lowest BCUT2D eigenvalue weighted by atomic mass is 10.3. The maximum absolute atomic E-state index is 11.9. The molecule has 0 aliphatic carbocycles. The van der Waals surface area contributed by atoms with Gasteiger partial charge in [0.15, 0.2) is 5.03 Å². The van der Waals surface area contributed by atoms with Crippen molar-refractivity contribution in [1.82, 2.24) is 10.2 Å². The molecule has 8 nitrogen and oxygen atoms in total. The molecule has 20 heavy (non-hydrogen) atoms. The van der Waals surface area contributed by atoms with E-state index in [9.17, 15) is 16.8 Å². The summed E-state index contributed by atoms with van der Waals surface area (Å²) in [7, 11) is -7.80. The van der Waals surface area contributed by atoms with Crippen molar-refractivity contribution in [3.8, 4) is 0 Å². The molecule has 1 heterocycles. The van der Waals surface area contributed by atoms with Gasteiger partial charge in [-0.2, -0.15) is 13.5 Å². The van der Waals surface area contributed by atoms with Crippen molar-refractivity contribution in [3.63, 3.8) is 0 Å². The predicted octanol–water partition coefficient (Wildman–Crippen LogP) is 0.511. The Hall–Kier alpha value is -1.62. The van der Waals surface area contributed by atoms with Crippen LogP contribution in [0.25, 0.3) is 0 Å². The van der Waals surface area contributed by atoms with Crippen LogP contribution in [0.2, 0.25) is 5.02 Å². The number of aromatic nitrogens is 2. The number of benzene rings is 1. The van der Waals surface area contributed by atoms with Gasteiger partial charge in [0.05, 0.1) is 16.9 Å². The third-order valence-electron chi connectivity index (χ3n) is 2.26. The van der Waals surface area contributed by atoms with Gasteiger partial charge in [-0.3, -0.25) is 9.82 Å². The summed E-state index contributed by atoms with van der Waals surface area (Å²) < 4.78 is 48.4. The Morgan fingerprint density at radius 2 is 1.90 bits per heavy atom. The minimum absolute atomic E-state index is 0.0944. The summed E-state index contributed by atoms with van der Waals surface area (Å²) in [6, 6.07) is 4.76. The number of hydrogen-bond donors (Lipinski definition) is 3. The number of hydrogen-bond acceptors (Lipinski definition) is 5. The van der Waals surface area contributed by atoms with Gasteiger partial charge in [-0.25, -0.2) is 13.6 Å². The predicted molar refractivity (Wildman–Crippen MR) is 72.2 cm³/mol. The number of nitrogens with two attached hydrogens (primary N) is 1. The minimum Gasteiger partial charge on any atom is -0.278 e. The van der Waals surface area contributed by atoms with Gasteiger partial charge in [0.1, 0.15) is 4.90 Å². The maximum atomic E-state index is 11.9. The number of anilines is 1. The molecule has 108 valence electrons. The van der Waals surface area contributed by atoms with Crippen molar-refractivity contribution < 1.29 is 16.8 Å². The Kier molecular flexibility index (Phi) is 3.73. The Balaban J connectivity index is 2.35. The van der Waals surface area contributed by atoms with E-state index in [4.69, 9.17) is 16.7 Å². The van der Waals surface area contributed by atoms with Crippen LogP contribution in [-0.2, 0) is 20.0 Å². The number of nitrogens with one attached hydrogen (secondary N) is 2. The SMILES string of the molecule is NS(=O)(=O)c1ccc(NS(=O)(=O)c2ccn[nH]2)cc1Cl. The van der Waals surface area contributed by atoms with Gasteiger partial charge in [0.2, 0.25) is 10.0 Å². The highest BCUT2D eigenvalue weighted by Crippen LogP contribution is 2.25. The van der Waals surface area contributed by atoms with E-state index in [2.05, 4.69) is 14.9 Å². The Morgan fingerprint density at radius 3 is 2.40 bits per heavy atom. The smallest absolute Gasteiger partial charge is 0.278 e. The zero-order valence-electron chi connectivity index (χ0n) is 9.74. The van der Waals surface area contributed by atoms with Crippen LogP contribution < -0.4 is 9.86 Å². The number of nitrogens with zero attached hydrogens (tertiary/aromatic N) is 1. The first-order valence-corrected chi connectivity index (χ1v) is 8.45. The lowest BCUT2D eigenvalue weighted by molar-refractivity contribution is 0.596. The average Bonchev–Trinajstić information content (AvgIpc) is 2.80. The summed E-state index contributed by atoms with van der Waals surface area (Å²) in [5, 5.41) is 10.5. The van der Waals surface area contributed by atoms with E-state index in [0.29, 0.717) is 0 Å². The largest absolute Gasteiger partial charge is 0.278 e. The quantitative estimate of drug-likeness (QED) is 0.747. The third kappa shape index (κ3) is 3.10. The molecule has 0 fully saturated rings. The van der Waals surface area contributed by atoms with E-state index in [-0.39, 0.29) is 20.6 Å². The monoisotopic (exact) mass is 336 g/mol. The molecule has 11 heteroatoms. The normalized spacial score (nSPS) is 12.3. The van der Waals surface area contributed by atoms with E-state index < -0.39 is 20.0 Å². The van der Waals surface area contributed by atoms with Crippen LogP contribution in [-0.4, -0.2) is 27.0 Å². The molecule has 0 aliphatic rings. The molecule has 1 aromatic heterocycles. The van der Waals surface area contributed by atoms with Crippen LogP contribution in [0, 0.1) is 0 Å². The van der Waals surface area contributed by atoms with Crippen molar-refractivity contribution >= 4 is 37.3 Å². The highest BCUT2D eigenvalue weighted by Gasteiger charge is 2.18. The number of aromatic amines is 1. The molecule has 0 amide bonds. The molecule has 0 aliphatic heterocycles. The molecule has 1 aromatic carbocycles. The van der Waals surface area contributed by atoms with E-state index in [1.807, 2.05) is 0 Å². The standard InChI is InChI=1S/C9H9ClN4O4S2/c10-7-5-6(1-2-8(7)19(11,15)16)14-20(17,18)9-3-4-12-13-9/h1-5,14H,(H,12,13)(H2,11,15,16). The molecule has 0 saturated carbocycles. The van der Waals surface area contributed by atoms with Gasteiger partial charge in [-0.15, -0.1) is 0 Å². The second-order valence-electron chi connectivity index (χ2n) is 3.72. The van der Waals surface area contributed by atoms with Gasteiger partial charge < -0.3 is 0 Å². The summed E-state index contributed by atoms with van der Waals surface area (Å²) in [6.07, 6.45) is 1.28. The maximum Gasteiger partial charge on any atom is 0.278 e. The van der Waals surface area contributed by atoms with Crippen molar-refractivity contribution in [1.29, 1.82) is 0 Å². The van der Waals surface area contributed by atoms with Gasteiger partial charge in [0.25, 0.3) is 10.0 Å². The van der Waals surface area contributed by atoms with Crippen molar-refractivity contribution in [3.05, 3.63) is 35.5 Å². The second kappa shape index (κ2) is 5.05. The highest BCUT2D eigenvalue weighted by atomic mass is 35.5. The number of halogens is 1. The summed E-state index contributed by atoms with van der Waals surface area (Å²) in [4.78, 5) is -0.288. The van der Waals surface area contributed by atoms with Gasteiger partial charge in [-0.1, -0.05) is 11.6 Å². The Bertz CT molecular complexity index is 831. The first-order valence-electron chi connectivity index (χ1n) is 5.05. The Morgan fingerprint density at radius 1 is 1.20 bits per heavy atom. The average molecular weight is 337 g/mol. The molecule has 0 saturated heterocycles. The fraction of sp³-hybridized carbons (Fsp3) is 0. The summed E-state index contributed by atoms with van der Waals surface area (Å²) in [6.45, 7) is 0. The zero-order valence-corrected chi connectivity index (χ0v) is 12.1. The van der Waals surface area contributed by atoms with E-state index in [1.165, 1.54) is 18.3 Å². The molecular formula is C9H9ClN4O4S2. The van der Waals surface area contributed by atoms with E-state index >= 15 is 0 Å². The number of H-pyrrole nitrogens is 1.